The van der Waals surface area contributed by atoms with Gasteiger partial charge < -0.3 is 14.5 Å². The molecule has 0 radical (unpaired) electrons. The van der Waals surface area contributed by atoms with Gasteiger partial charge in [-0.05, 0) is 18.2 Å². The van der Waals surface area contributed by atoms with E-state index in [-0.39, 0.29) is 11.6 Å². The van der Waals surface area contributed by atoms with Crippen LogP contribution in [0.3, 0.4) is 0 Å². The second kappa shape index (κ2) is 5.85. The van der Waals surface area contributed by atoms with E-state index in [1.54, 1.807) is 24.3 Å². The molecule has 0 fully saturated rings. The Bertz CT molecular complexity index is 976. The van der Waals surface area contributed by atoms with Crippen LogP contribution in [0.25, 0.3) is 11.0 Å². The van der Waals surface area contributed by atoms with E-state index in [0.29, 0.717) is 18.6 Å². The van der Waals surface area contributed by atoms with Gasteiger partial charge >= 0.3 is 5.63 Å². The fraction of sp³-hybridized carbons (Fsp3) is 0.158. The Morgan fingerprint density at radius 1 is 1.08 bits per heavy atom. The zero-order chi connectivity index (χ0) is 16.5. The minimum atomic E-state index is -0.633. The average Bonchev–Trinajstić information content (AvgIpc) is 2.61. The molecule has 1 atom stereocenters. The van der Waals surface area contributed by atoms with Crippen molar-refractivity contribution in [2.75, 3.05) is 6.61 Å². The fourth-order valence-corrected chi connectivity index (χ4v) is 2.95. The molecule has 0 spiro atoms. The van der Waals surface area contributed by atoms with Gasteiger partial charge in [-0.25, -0.2) is 4.79 Å². The maximum absolute atomic E-state index is 12.6. The van der Waals surface area contributed by atoms with E-state index in [1.807, 2.05) is 30.3 Å². The quantitative estimate of drug-likeness (QED) is 0.737. The average molecular weight is 321 g/mol. The van der Waals surface area contributed by atoms with Crippen molar-refractivity contribution in [2.24, 2.45) is 0 Å². The van der Waals surface area contributed by atoms with Crippen molar-refractivity contribution in [1.82, 2.24) is 5.32 Å². The third-order valence-corrected chi connectivity index (χ3v) is 4.15. The van der Waals surface area contributed by atoms with Crippen LogP contribution in [-0.2, 0) is 0 Å². The summed E-state index contributed by atoms with van der Waals surface area (Å²) in [5.41, 5.74) is 0.766. The second-order valence-electron chi connectivity index (χ2n) is 5.69. The molecule has 0 unspecified atom stereocenters. The first-order chi connectivity index (χ1) is 11.7. The summed E-state index contributed by atoms with van der Waals surface area (Å²) in [5.74, 6) is 0.329. The van der Waals surface area contributed by atoms with Crippen molar-refractivity contribution in [1.29, 1.82) is 0 Å². The van der Waals surface area contributed by atoms with Crippen LogP contribution in [0, 0.1) is 0 Å². The molecule has 0 bridgehead atoms. The van der Waals surface area contributed by atoms with Gasteiger partial charge in [0.25, 0.3) is 5.91 Å². The van der Waals surface area contributed by atoms with Crippen molar-refractivity contribution < 1.29 is 13.9 Å². The van der Waals surface area contributed by atoms with Crippen LogP contribution in [0.2, 0.25) is 0 Å². The van der Waals surface area contributed by atoms with Gasteiger partial charge in [0, 0.05) is 17.4 Å². The smallest absolute Gasteiger partial charge is 0.349 e. The summed E-state index contributed by atoms with van der Waals surface area (Å²) >= 11 is 0. The number of hydrogen-bond donors (Lipinski definition) is 1. The Morgan fingerprint density at radius 3 is 2.79 bits per heavy atom. The molecule has 1 aromatic heterocycles. The molecule has 0 aliphatic carbocycles. The van der Waals surface area contributed by atoms with Crippen LogP contribution in [0.15, 0.2) is 63.8 Å². The Morgan fingerprint density at radius 2 is 1.88 bits per heavy atom. The molecule has 5 heteroatoms. The van der Waals surface area contributed by atoms with E-state index >= 15 is 0 Å². The molecule has 2 heterocycles. The molecular formula is C19H15NO4. The first-order valence-electron chi connectivity index (χ1n) is 7.78. The predicted octanol–water partition coefficient (Wildman–Crippen LogP) is 3.05. The normalized spacial score (nSPS) is 16.2. The van der Waals surface area contributed by atoms with Crippen LogP contribution in [-0.4, -0.2) is 12.5 Å². The lowest BCUT2D eigenvalue weighted by Gasteiger charge is -2.26. The molecule has 1 amide bonds. The molecule has 1 aliphatic heterocycles. The number of rotatable bonds is 2. The molecular weight excluding hydrogens is 306 g/mol. The number of hydrogen-bond acceptors (Lipinski definition) is 4. The molecule has 24 heavy (non-hydrogen) atoms. The topological polar surface area (TPSA) is 68.5 Å². The minimum Gasteiger partial charge on any atom is -0.493 e. The summed E-state index contributed by atoms with van der Waals surface area (Å²) in [7, 11) is 0. The van der Waals surface area contributed by atoms with Gasteiger partial charge in [-0.1, -0.05) is 36.4 Å². The van der Waals surface area contributed by atoms with E-state index < -0.39 is 11.5 Å². The maximum Gasteiger partial charge on any atom is 0.349 e. The highest BCUT2D eigenvalue weighted by molar-refractivity contribution is 5.96. The standard InChI is InChI=1S/C19H15NO4/c21-18(14-11-12-5-1-3-7-16(12)24-19(14)22)20-15-9-10-23-17-8-4-2-6-13(15)17/h1-8,11,15H,9-10H2,(H,20,21)/t15-/m0/s1. The highest BCUT2D eigenvalue weighted by Crippen LogP contribution is 2.31. The summed E-state index contributed by atoms with van der Waals surface area (Å²) in [6, 6.07) is 16.1. The third kappa shape index (κ3) is 2.54. The molecule has 0 saturated carbocycles. The largest absolute Gasteiger partial charge is 0.493 e. The fourth-order valence-electron chi connectivity index (χ4n) is 2.95. The van der Waals surface area contributed by atoms with E-state index in [1.165, 1.54) is 0 Å². The van der Waals surface area contributed by atoms with Gasteiger partial charge in [-0.2, -0.15) is 0 Å². The zero-order valence-corrected chi connectivity index (χ0v) is 12.8. The summed E-state index contributed by atoms with van der Waals surface area (Å²) in [5, 5.41) is 3.64. The van der Waals surface area contributed by atoms with Gasteiger partial charge in [0.15, 0.2) is 0 Å². The minimum absolute atomic E-state index is 0.0117. The van der Waals surface area contributed by atoms with E-state index in [2.05, 4.69) is 5.32 Å². The molecule has 1 aliphatic rings. The highest BCUT2D eigenvalue weighted by atomic mass is 16.5. The van der Waals surface area contributed by atoms with Gasteiger partial charge in [0.05, 0.1) is 12.6 Å². The van der Waals surface area contributed by atoms with Crippen LogP contribution >= 0.6 is 0 Å². The Kier molecular flexibility index (Phi) is 3.54. The lowest BCUT2D eigenvalue weighted by molar-refractivity contribution is 0.0921. The lowest BCUT2D eigenvalue weighted by Crippen LogP contribution is -2.34. The SMILES string of the molecule is O=C(N[C@H]1CCOc2ccccc21)c1cc2ccccc2oc1=O. The van der Waals surface area contributed by atoms with Crippen molar-refractivity contribution in [3.8, 4) is 5.75 Å². The van der Waals surface area contributed by atoms with Crippen molar-refractivity contribution >= 4 is 16.9 Å². The Hall–Kier alpha value is -3.08. The Balaban J connectivity index is 1.66. The van der Waals surface area contributed by atoms with Gasteiger partial charge in [0.1, 0.15) is 16.9 Å². The molecule has 0 saturated heterocycles. The van der Waals surface area contributed by atoms with Crippen molar-refractivity contribution in [3.05, 3.63) is 76.1 Å². The number of ether oxygens (including phenoxy) is 1. The first kappa shape index (κ1) is 14.5. The molecule has 2 aromatic carbocycles. The molecule has 120 valence electrons. The van der Waals surface area contributed by atoms with Gasteiger partial charge in [0.2, 0.25) is 0 Å². The first-order valence-corrected chi connectivity index (χ1v) is 7.78. The Labute approximate surface area is 137 Å². The monoisotopic (exact) mass is 321 g/mol. The van der Waals surface area contributed by atoms with Gasteiger partial charge in [-0.15, -0.1) is 0 Å². The molecule has 1 N–H and O–H groups in total. The summed E-state index contributed by atoms with van der Waals surface area (Å²) < 4.78 is 10.8. The van der Waals surface area contributed by atoms with Crippen molar-refractivity contribution in [2.45, 2.75) is 12.5 Å². The third-order valence-electron chi connectivity index (χ3n) is 4.15. The van der Waals surface area contributed by atoms with Crippen molar-refractivity contribution in [3.63, 3.8) is 0 Å². The van der Waals surface area contributed by atoms with Crippen LogP contribution in [0.5, 0.6) is 5.75 Å². The number of carbonyl (C=O) groups excluding carboxylic acids is 1. The number of fused-ring (bicyclic) bond motifs is 2. The molecule has 3 aromatic rings. The number of nitrogens with one attached hydrogen (secondary N) is 1. The van der Waals surface area contributed by atoms with Crippen LogP contribution < -0.4 is 15.7 Å². The van der Waals surface area contributed by atoms with Crippen LogP contribution in [0.1, 0.15) is 28.4 Å². The number of para-hydroxylation sites is 2. The molecule has 5 nitrogen and oxygen atoms in total. The number of amides is 1. The summed E-state index contributed by atoms with van der Waals surface area (Å²) in [6.45, 7) is 0.522. The van der Waals surface area contributed by atoms with Gasteiger partial charge in [-0.3, -0.25) is 4.79 Å². The number of benzene rings is 2. The summed E-state index contributed by atoms with van der Waals surface area (Å²) in [4.78, 5) is 24.7. The van der Waals surface area contributed by atoms with Crippen LogP contribution in [0.4, 0.5) is 0 Å². The lowest BCUT2D eigenvalue weighted by atomic mass is 10.00. The second-order valence-corrected chi connectivity index (χ2v) is 5.69. The maximum atomic E-state index is 12.6. The zero-order valence-electron chi connectivity index (χ0n) is 12.8. The van der Waals surface area contributed by atoms with E-state index in [4.69, 9.17) is 9.15 Å². The van der Waals surface area contributed by atoms with E-state index in [0.717, 1.165) is 16.7 Å². The molecule has 4 rings (SSSR count). The highest BCUT2D eigenvalue weighted by Gasteiger charge is 2.24. The predicted molar refractivity (Wildman–Crippen MR) is 89.2 cm³/mol. The van der Waals surface area contributed by atoms with E-state index in [9.17, 15) is 9.59 Å². The summed E-state index contributed by atoms with van der Waals surface area (Å²) in [6.07, 6.45) is 0.654. The number of carbonyl (C=O) groups is 1.